The van der Waals surface area contributed by atoms with E-state index in [1.165, 1.54) is 6.07 Å². The number of allylic oxidation sites excluding steroid dienone is 3. The fourth-order valence-electron chi connectivity index (χ4n) is 6.88. The molecule has 0 radical (unpaired) electrons. The number of likely N-dealkylation sites (N-methyl/N-ethyl adjacent to an activating group) is 1. The van der Waals surface area contributed by atoms with E-state index in [2.05, 4.69) is 0 Å². The summed E-state index contributed by atoms with van der Waals surface area (Å²) in [6, 6.07) is 10.1. The average Bonchev–Trinajstić information content (AvgIpc) is 2.90. The van der Waals surface area contributed by atoms with Crippen LogP contribution in [0.3, 0.4) is 0 Å². The molecule has 2 aliphatic heterocycles. The van der Waals surface area contributed by atoms with Crippen molar-refractivity contribution in [3.63, 3.8) is 0 Å². The van der Waals surface area contributed by atoms with E-state index < -0.39 is 49.2 Å². The molecule has 0 amide bonds. The number of carboxylic acid groups (broad SMARTS) is 1. The molecule has 2 aromatic carbocycles. The summed E-state index contributed by atoms with van der Waals surface area (Å²) < 4.78 is 75.0. The van der Waals surface area contributed by atoms with Gasteiger partial charge < -0.3 is 14.7 Å². The predicted molar refractivity (Wildman–Crippen MR) is 183 cm³/mol. The molecule has 3 aliphatic rings. The monoisotopic (exact) mass is 683 g/mol. The van der Waals surface area contributed by atoms with Crippen LogP contribution in [0.2, 0.25) is 0 Å². The number of rotatable bonds is 8. The first-order valence-corrected chi connectivity index (χ1v) is 18.5. The highest BCUT2D eigenvalue weighted by Crippen LogP contribution is 2.51. The molecule has 12 heteroatoms. The third-order valence-corrected chi connectivity index (χ3v) is 10.5. The van der Waals surface area contributed by atoms with Crippen molar-refractivity contribution in [2.75, 3.05) is 23.5 Å². The topological polar surface area (TPSA) is 159 Å². The number of ether oxygens (including phenoxy) is 1. The first-order chi connectivity index (χ1) is 21.5. The summed E-state index contributed by atoms with van der Waals surface area (Å²) in [5, 5.41) is 10.2. The highest BCUT2D eigenvalue weighted by Gasteiger charge is 2.38. The van der Waals surface area contributed by atoms with Crippen molar-refractivity contribution in [2.45, 2.75) is 53.5 Å². The van der Waals surface area contributed by atoms with Crippen LogP contribution in [-0.2, 0) is 20.2 Å². The highest BCUT2D eigenvalue weighted by molar-refractivity contribution is 7.86. The molecule has 0 saturated carbocycles. The molecule has 0 aromatic heterocycles. The van der Waals surface area contributed by atoms with Crippen molar-refractivity contribution in [3.05, 3.63) is 93.8 Å². The molecule has 5 rings (SSSR count). The molecule has 47 heavy (non-hydrogen) atoms. The Kier molecular flexibility index (Phi) is 8.66. The maximum absolute atomic E-state index is 12.5. The van der Waals surface area contributed by atoms with Crippen LogP contribution < -0.4 is 9.64 Å². The van der Waals surface area contributed by atoms with E-state index in [4.69, 9.17) is 4.74 Å². The zero-order valence-electron chi connectivity index (χ0n) is 27.5. The van der Waals surface area contributed by atoms with Crippen LogP contribution in [-0.4, -0.2) is 61.1 Å². The van der Waals surface area contributed by atoms with Gasteiger partial charge in [-0.15, -0.1) is 0 Å². The van der Waals surface area contributed by atoms with Gasteiger partial charge in [-0.3, -0.25) is 9.11 Å². The summed E-state index contributed by atoms with van der Waals surface area (Å²) in [5.74, 6) is -2.17. The Morgan fingerprint density at radius 1 is 1.02 bits per heavy atom. The molecule has 0 fully saturated rings. The van der Waals surface area contributed by atoms with Crippen molar-refractivity contribution in [1.82, 2.24) is 0 Å². The van der Waals surface area contributed by atoms with Crippen molar-refractivity contribution >= 4 is 43.0 Å². The van der Waals surface area contributed by atoms with Crippen molar-refractivity contribution < 1.29 is 40.6 Å². The standard InChI is InChI=1S/C35H41NO9S2/c1-20-12-30-27(13-25(20)21(16-34(2,3)4)18-46(39,40)41)32(23-10-8-9-11-24(23)33(37)38)28-14-26-22(19-47(42,43)44)17-35(5,6)36(7)29(26)15-31(28)45-30/h8-15,17,20-21H,16,18-19H2,1-7H3,(H,37,38)(H,39,40,41)(H,42,43,44). The summed E-state index contributed by atoms with van der Waals surface area (Å²) in [7, 11) is -6.88. The second kappa shape index (κ2) is 11.8. The van der Waals surface area contributed by atoms with Crippen LogP contribution in [0.1, 0.15) is 75.0 Å². The SMILES string of the molecule is CC1C=C2Oc3cc4c(cc3C(c3ccccc3C(=O)O)=C2C=C1C(CC(C)(C)C)CS(=O)(=O)O)C(CS(=O)(=O)O)=CC(C)(C)N4C. The summed E-state index contributed by atoms with van der Waals surface area (Å²) in [6.45, 7) is 11.7. The largest absolute Gasteiger partial charge is 0.478 e. The number of hydrogen-bond acceptors (Lipinski definition) is 7. The zero-order valence-corrected chi connectivity index (χ0v) is 29.2. The van der Waals surface area contributed by atoms with Gasteiger partial charge in [0, 0.05) is 41.1 Å². The van der Waals surface area contributed by atoms with Gasteiger partial charge in [-0.1, -0.05) is 63.6 Å². The van der Waals surface area contributed by atoms with Gasteiger partial charge in [0.1, 0.15) is 17.3 Å². The number of carbonyl (C=O) groups is 1. The van der Waals surface area contributed by atoms with Crippen molar-refractivity contribution in [3.8, 4) is 5.75 Å². The lowest BCUT2D eigenvalue weighted by Gasteiger charge is -2.42. The average molecular weight is 684 g/mol. The Morgan fingerprint density at radius 2 is 1.68 bits per heavy atom. The zero-order chi connectivity index (χ0) is 34.9. The number of hydrogen-bond donors (Lipinski definition) is 3. The highest BCUT2D eigenvalue weighted by atomic mass is 32.2. The molecule has 0 spiro atoms. The van der Waals surface area contributed by atoms with Gasteiger partial charge in [0.2, 0.25) is 0 Å². The van der Waals surface area contributed by atoms with Gasteiger partial charge in [-0.05, 0) is 66.9 Å². The molecule has 10 nitrogen and oxygen atoms in total. The van der Waals surface area contributed by atoms with Crippen molar-refractivity contribution in [1.29, 1.82) is 0 Å². The quantitative estimate of drug-likeness (QED) is 0.263. The number of nitrogens with zero attached hydrogens (tertiary/aromatic N) is 1. The Hall–Kier alpha value is -3.71. The normalized spacial score (nSPS) is 19.8. The smallest absolute Gasteiger partial charge is 0.336 e. The fraction of sp³-hybridized carbons (Fsp3) is 0.400. The van der Waals surface area contributed by atoms with Crippen molar-refractivity contribution in [2.24, 2.45) is 17.3 Å². The van der Waals surface area contributed by atoms with Gasteiger partial charge in [0.05, 0.1) is 16.9 Å². The van der Waals surface area contributed by atoms with E-state index in [0.717, 1.165) is 5.57 Å². The Morgan fingerprint density at radius 3 is 2.28 bits per heavy atom. The summed E-state index contributed by atoms with van der Waals surface area (Å²) in [5.41, 5.74) is 3.44. The molecule has 2 aromatic rings. The summed E-state index contributed by atoms with van der Waals surface area (Å²) >= 11 is 0. The van der Waals surface area contributed by atoms with Crippen LogP contribution >= 0.6 is 0 Å². The predicted octanol–water partition coefficient (Wildman–Crippen LogP) is 6.48. The first kappa shape index (κ1) is 34.6. The minimum atomic E-state index is -4.41. The van der Waals surface area contributed by atoms with E-state index in [9.17, 15) is 35.8 Å². The molecular weight excluding hydrogens is 643 g/mol. The molecule has 252 valence electrons. The Labute approximate surface area is 276 Å². The van der Waals surface area contributed by atoms with Crippen LogP contribution in [0.5, 0.6) is 5.75 Å². The van der Waals surface area contributed by atoms with E-state index in [1.54, 1.807) is 36.4 Å². The molecule has 2 unspecified atom stereocenters. The van der Waals surface area contributed by atoms with E-state index in [0.29, 0.717) is 57.0 Å². The molecule has 2 atom stereocenters. The van der Waals surface area contributed by atoms with Gasteiger partial charge in [-0.2, -0.15) is 16.8 Å². The molecule has 0 saturated heterocycles. The van der Waals surface area contributed by atoms with Crippen LogP contribution in [0.25, 0.3) is 11.1 Å². The number of aromatic carboxylic acids is 1. The van der Waals surface area contributed by atoms with Crippen LogP contribution in [0.4, 0.5) is 5.69 Å². The minimum absolute atomic E-state index is 0.0321. The van der Waals surface area contributed by atoms with Crippen LogP contribution in [0, 0.1) is 17.3 Å². The minimum Gasteiger partial charge on any atom is -0.478 e. The molecule has 3 N–H and O–H groups in total. The number of benzene rings is 2. The third-order valence-electron chi connectivity index (χ3n) is 8.97. The molecule has 0 bridgehead atoms. The lowest BCUT2D eigenvalue weighted by atomic mass is 9.74. The lowest BCUT2D eigenvalue weighted by Crippen LogP contribution is -2.42. The van der Waals surface area contributed by atoms with Gasteiger partial charge in [-0.25, -0.2) is 4.79 Å². The van der Waals surface area contributed by atoms with Crippen LogP contribution in [0.15, 0.2) is 71.5 Å². The second-order valence-electron chi connectivity index (χ2n) is 14.4. The van der Waals surface area contributed by atoms with E-state index in [-0.39, 0.29) is 16.9 Å². The first-order valence-electron chi connectivity index (χ1n) is 15.3. The Balaban J connectivity index is 1.85. The number of carboxylic acids is 1. The van der Waals surface area contributed by atoms with Gasteiger partial charge >= 0.3 is 5.97 Å². The molecule has 1 aliphatic carbocycles. The van der Waals surface area contributed by atoms with E-state index >= 15 is 0 Å². The number of fused-ring (bicyclic) bond motifs is 3. The molecule has 2 heterocycles. The molecular formula is C35H41NO9S2. The Bertz CT molecular complexity index is 2010. The maximum Gasteiger partial charge on any atom is 0.336 e. The fourth-order valence-corrected chi connectivity index (χ4v) is 8.33. The maximum atomic E-state index is 12.5. The van der Waals surface area contributed by atoms with Gasteiger partial charge in [0.15, 0.2) is 0 Å². The number of anilines is 1. The summed E-state index contributed by atoms with van der Waals surface area (Å²) in [4.78, 5) is 14.5. The van der Waals surface area contributed by atoms with Gasteiger partial charge in [0.25, 0.3) is 20.2 Å². The third kappa shape index (κ3) is 7.25. The second-order valence-corrected chi connectivity index (χ2v) is 17.3. The van der Waals surface area contributed by atoms with E-state index in [1.807, 2.05) is 65.6 Å². The lowest BCUT2D eigenvalue weighted by molar-refractivity contribution is 0.0696. The summed E-state index contributed by atoms with van der Waals surface area (Å²) in [6.07, 6.45) is 5.97.